The van der Waals surface area contributed by atoms with Crippen molar-refractivity contribution in [1.29, 1.82) is 0 Å². The van der Waals surface area contributed by atoms with Crippen LogP contribution in [-0.2, 0) is 4.74 Å². The quantitative estimate of drug-likeness (QED) is 0.825. The zero-order valence-electron chi connectivity index (χ0n) is 12.1. The van der Waals surface area contributed by atoms with E-state index in [4.69, 9.17) is 10.5 Å². The minimum atomic E-state index is -0.732. The summed E-state index contributed by atoms with van der Waals surface area (Å²) in [5.74, 6) is 0.784. The maximum absolute atomic E-state index is 10.6. The SMILES string of the molecule is CN(CC1(O)CCOCC1)c1ncnc2ccc(N)cc12. The van der Waals surface area contributed by atoms with Crippen molar-refractivity contribution in [2.75, 3.05) is 37.4 Å². The molecule has 0 spiro atoms. The Kier molecular flexibility index (Phi) is 3.65. The molecule has 0 amide bonds. The second-order valence-electron chi connectivity index (χ2n) is 5.67. The molecule has 0 bridgehead atoms. The van der Waals surface area contributed by atoms with E-state index in [9.17, 15) is 5.11 Å². The van der Waals surface area contributed by atoms with Crippen molar-refractivity contribution < 1.29 is 9.84 Å². The number of nitrogen functional groups attached to an aromatic ring is 1. The van der Waals surface area contributed by atoms with E-state index >= 15 is 0 Å². The predicted molar refractivity (Wildman–Crippen MR) is 82.2 cm³/mol. The largest absolute Gasteiger partial charge is 0.399 e. The number of fused-ring (bicyclic) bond motifs is 1. The number of ether oxygens (including phenoxy) is 1. The van der Waals surface area contributed by atoms with Crippen LogP contribution in [-0.4, -0.2) is 47.5 Å². The molecule has 21 heavy (non-hydrogen) atoms. The average Bonchev–Trinajstić information content (AvgIpc) is 2.46. The molecule has 3 N–H and O–H groups in total. The van der Waals surface area contributed by atoms with E-state index in [-0.39, 0.29) is 0 Å². The fourth-order valence-corrected chi connectivity index (χ4v) is 2.79. The molecule has 1 fully saturated rings. The fourth-order valence-electron chi connectivity index (χ4n) is 2.79. The maximum atomic E-state index is 10.6. The number of benzene rings is 1. The lowest BCUT2D eigenvalue weighted by molar-refractivity contribution is -0.0573. The first-order chi connectivity index (χ1) is 10.1. The van der Waals surface area contributed by atoms with Gasteiger partial charge in [0.1, 0.15) is 12.1 Å². The van der Waals surface area contributed by atoms with Crippen LogP contribution >= 0.6 is 0 Å². The van der Waals surface area contributed by atoms with Crippen molar-refractivity contribution in [3.63, 3.8) is 0 Å². The first-order valence-electron chi connectivity index (χ1n) is 7.09. The molecular weight excluding hydrogens is 268 g/mol. The molecule has 0 unspecified atom stereocenters. The fraction of sp³-hybridized carbons (Fsp3) is 0.467. The van der Waals surface area contributed by atoms with Crippen LogP contribution in [0, 0.1) is 0 Å². The van der Waals surface area contributed by atoms with Gasteiger partial charge in [0.2, 0.25) is 0 Å². The van der Waals surface area contributed by atoms with Gasteiger partial charge in [-0.3, -0.25) is 0 Å². The standard InChI is InChI=1S/C15H20N4O2/c1-19(9-15(20)4-6-21-7-5-15)14-12-8-11(16)2-3-13(12)17-10-18-14/h2-3,8,10,20H,4-7,9,16H2,1H3. The average molecular weight is 288 g/mol. The predicted octanol–water partition coefficient (Wildman–Crippen LogP) is 1.19. The number of anilines is 2. The minimum Gasteiger partial charge on any atom is -0.399 e. The zero-order valence-corrected chi connectivity index (χ0v) is 12.1. The van der Waals surface area contributed by atoms with Crippen LogP contribution < -0.4 is 10.6 Å². The minimum absolute atomic E-state index is 0.511. The van der Waals surface area contributed by atoms with E-state index in [1.807, 2.05) is 30.1 Å². The van der Waals surface area contributed by atoms with Crippen LogP contribution in [0.4, 0.5) is 11.5 Å². The van der Waals surface area contributed by atoms with Crippen molar-refractivity contribution in [3.05, 3.63) is 24.5 Å². The van der Waals surface area contributed by atoms with Crippen LogP contribution in [0.1, 0.15) is 12.8 Å². The molecule has 0 radical (unpaired) electrons. The van der Waals surface area contributed by atoms with E-state index < -0.39 is 5.60 Å². The first kappa shape index (κ1) is 14.0. The molecule has 2 aromatic rings. The maximum Gasteiger partial charge on any atom is 0.139 e. The Hall–Kier alpha value is -1.92. The summed E-state index contributed by atoms with van der Waals surface area (Å²) < 4.78 is 5.32. The molecule has 112 valence electrons. The molecule has 0 aliphatic carbocycles. The molecule has 6 heteroatoms. The Bertz CT molecular complexity index is 641. The third kappa shape index (κ3) is 2.91. The van der Waals surface area contributed by atoms with E-state index in [0.29, 0.717) is 38.3 Å². The number of likely N-dealkylation sites (N-methyl/N-ethyl adjacent to an activating group) is 1. The summed E-state index contributed by atoms with van der Waals surface area (Å²) >= 11 is 0. The van der Waals surface area contributed by atoms with Gasteiger partial charge in [0.15, 0.2) is 0 Å². The molecule has 1 saturated heterocycles. The van der Waals surface area contributed by atoms with Crippen LogP contribution in [0.15, 0.2) is 24.5 Å². The molecule has 0 saturated carbocycles. The van der Waals surface area contributed by atoms with Crippen molar-refractivity contribution in [2.45, 2.75) is 18.4 Å². The van der Waals surface area contributed by atoms with Gasteiger partial charge >= 0.3 is 0 Å². The molecular formula is C15H20N4O2. The van der Waals surface area contributed by atoms with Crippen LogP contribution in [0.5, 0.6) is 0 Å². The molecule has 2 heterocycles. The van der Waals surface area contributed by atoms with E-state index in [1.165, 1.54) is 0 Å². The second kappa shape index (κ2) is 5.46. The number of nitrogens with two attached hydrogens (primary N) is 1. The van der Waals surface area contributed by atoms with E-state index in [2.05, 4.69) is 9.97 Å². The molecule has 1 aromatic carbocycles. The van der Waals surface area contributed by atoms with Gasteiger partial charge < -0.3 is 20.5 Å². The lowest BCUT2D eigenvalue weighted by atomic mass is 9.94. The summed E-state index contributed by atoms with van der Waals surface area (Å²) in [4.78, 5) is 10.6. The van der Waals surface area contributed by atoms with Crippen LogP contribution in [0.2, 0.25) is 0 Å². The summed E-state index contributed by atoms with van der Waals surface area (Å²) in [6.07, 6.45) is 2.82. The zero-order chi connectivity index (χ0) is 14.9. The Morgan fingerprint density at radius 2 is 2.10 bits per heavy atom. The first-order valence-corrected chi connectivity index (χ1v) is 7.09. The highest BCUT2D eigenvalue weighted by molar-refractivity contribution is 5.91. The summed E-state index contributed by atoms with van der Waals surface area (Å²) in [7, 11) is 1.93. The third-order valence-corrected chi connectivity index (χ3v) is 3.95. The summed E-state index contributed by atoms with van der Waals surface area (Å²) in [5.41, 5.74) is 6.66. The molecule has 1 aliphatic rings. The Morgan fingerprint density at radius 1 is 1.33 bits per heavy atom. The number of hydrogen-bond donors (Lipinski definition) is 2. The lowest BCUT2D eigenvalue weighted by Gasteiger charge is -2.36. The highest BCUT2D eigenvalue weighted by Gasteiger charge is 2.31. The second-order valence-corrected chi connectivity index (χ2v) is 5.67. The monoisotopic (exact) mass is 288 g/mol. The van der Waals surface area contributed by atoms with Gasteiger partial charge in [0.05, 0.1) is 11.1 Å². The van der Waals surface area contributed by atoms with E-state index in [1.54, 1.807) is 6.33 Å². The topological polar surface area (TPSA) is 84.5 Å². The van der Waals surface area contributed by atoms with Gasteiger partial charge in [-0.05, 0) is 18.2 Å². The third-order valence-electron chi connectivity index (χ3n) is 3.95. The van der Waals surface area contributed by atoms with Gasteiger partial charge in [0.25, 0.3) is 0 Å². The number of rotatable bonds is 3. The lowest BCUT2D eigenvalue weighted by Crippen LogP contribution is -2.46. The Balaban J connectivity index is 1.90. The number of hydrogen-bond acceptors (Lipinski definition) is 6. The summed E-state index contributed by atoms with van der Waals surface area (Å²) in [5, 5.41) is 11.5. The van der Waals surface area contributed by atoms with E-state index in [0.717, 1.165) is 16.7 Å². The number of nitrogens with zero attached hydrogens (tertiary/aromatic N) is 3. The Morgan fingerprint density at radius 3 is 2.86 bits per heavy atom. The number of aromatic nitrogens is 2. The summed E-state index contributed by atoms with van der Waals surface area (Å²) in [6.45, 7) is 1.71. The number of aliphatic hydroxyl groups is 1. The summed E-state index contributed by atoms with van der Waals surface area (Å²) in [6, 6.07) is 5.58. The van der Waals surface area contributed by atoms with Crippen LogP contribution in [0.25, 0.3) is 10.9 Å². The normalized spacial score (nSPS) is 17.8. The Labute approximate surface area is 123 Å². The smallest absolute Gasteiger partial charge is 0.139 e. The molecule has 6 nitrogen and oxygen atoms in total. The van der Waals surface area contributed by atoms with Gasteiger partial charge in [-0.15, -0.1) is 0 Å². The van der Waals surface area contributed by atoms with Gasteiger partial charge in [0, 0.05) is 50.7 Å². The molecule has 0 atom stereocenters. The van der Waals surface area contributed by atoms with Crippen molar-refractivity contribution in [2.24, 2.45) is 0 Å². The van der Waals surface area contributed by atoms with Gasteiger partial charge in [-0.2, -0.15) is 0 Å². The van der Waals surface area contributed by atoms with Crippen molar-refractivity contribution in [1.82, 2.24) is 9.97 Å². The highest BCUT2D eigenvalue weighted by atomic mass is 16.5. The molecule has 1 aromatic heterocycles. The van der Waals surface area contributed by atoms with Crippen LogP contribution in [0.3, 0.4) is 0 Å². The van der Waals surface area contributed by atoms with Gasteiger partial charge in [-0.25, -0.2) is 9.97 Å². The molecule has 3 rings (SSSR count). The van der Waals surface area contributed by atoms with Crippen molar-refractivity contribution in [3.8, 4) is 0 Å². The highest BCUT2D eigenvalue weighted by Crippen LogP contribution is 2.27. The molecule has 1 aliphatic heterocycles. The van der Waals surface area contributed by atoms with Crippen molar-refractivity contribution >= 4 is 22.4 Å². The van der Waals surface area contributed by atoms with Gasteiger partial charge in [-0.1, -0.05) is 0 Å².